The first-order valence-electron chi connectivity index (χ1n) is 10.2. The Balaban J connectivity index is 1.23. The maximum Gasteiger partial charge on any atom is 0.321 e. The average molecular weight is 380 g/mol. The second-order valence-electron chi connectivity index (χ2n) is 7.79. The molecule has 0 atom stereocenters. The van der Waals surface area contributed by atoms with Crippen LogP contribution in [0.4, 0.5) is 10.5 Å². The van der Waals surface area contributed by atoms with Crippen molar-refractivity contribution < 1.29 is 9.53 Å². The number of hydrogen-bond acceptors (Lipinski definition) is 3. The van der Waals surface area contributed by atoms with Crippen molar-refractivity contribution >= 4 is 11.7 Å². The third-order valence-electron chi connectivity index (χ3n) is 5.93. The van der Waals surface area contributed by atoms with Crippen molar-refractivity contribution in [2.24, 2.45) is 5.92 Å². The molecule has 2 aromatic carbocycles. The molecule has 0 radical (unpaired) electrons. The third-order valence-corrected chi connectivity index (χ3v) is 5.93. The van der Waals surface area contributed by atoms with E-state index in [1.807, 2.05) is 23.1 Å². The van der Waals surface area contributed by atoms with E-state index in [2.05, 4.69) is 40.5 Å². The minimum absolute atomic E-state index is 0.0237. The van der Waals surface area contributed by atoms with Gasteiger partial charge in [-0.1, -0.05) is 30.3 Å². The number of ether oxygens (including phenoxy) is 1. The molecule has 28 heavy (non-hydrogen) atoms. The molecule has 0 bridgehead atoms. The van der Waals surface area contributed by atoms with Gasteiger partial charge in [0.15, 0.2) is 0 Å². The molecule has 0 saturated carbocycles. The highest BCUT2D eigenvalue weighted by atomic mass is 16.5. The topological polar surface area (TPSA) is 44.8 Å². The van der Waals surface area contributed by atoms with Gasteiger partial charge < -0.3 is 10.1 Å². The Labute approximate surface area is 167 Å². The van der Waals surface area contributed by atoms with Crippen LogP contribution >= 0.6 is 0 Å². The van der Waals surface area contributed by atoms with E-state index in [0.717, 1.165) is 63.4 Å². The van der Waals surface area contributed by atoms with Crippen LogP contribution in [0.3, 0.4) is 0 Å². The molecule has 2 heterocycles. The van der Waals surface area contributed by atoms with Crippen LogP contribution in [0.5, 0.6) is 5.75 Å². The molecule has 0 spiro atoms. The van der Waals surface area contributed by atoms with Gasteiger partial charge in [0.25, 0.3) is 0 Å². The van der Waals surface area contributed by atoms with Gasteiger partial charge in [0, 0.05) is 25.3 Å². The van der Waals surface area contributed by atoms with Crippen LogP contribution in [0.25, 0.3) is 0 Å². The van der Waals surface area contributed by atoms with Crippen LogP contribution in [0.1, 0.15) is 24.0 Å². The summed E-state index contributed by atoms with van der Waals surface area (Å²) in [6.07, 6.45) is 3.17. The van der Waals surface area contributed by atoms with Gasteiger partial charge in [0.1, 0.15) is 5.75 Å². The van der Waals surface area contributed by atoms with E-state index >= 15 is 0 Å². The van der Waals surface area contributed by atoms with Crippen LogP contribution < -0.4 is 15.0 Å². The van der Waals surface area contributed by atoms with Gasteiger partial charge in [-0.05, 0) is 67.6 Å². The molecule has 1 fully saturated rings. The zero-order valence-corrected chi connectivity index (χ0v) is 16.6. The molecule has 0 aliphatic carbocycles. The molecule has 2 aliphatic rings. The first kappa shape index (κ1) is 18.8. The molecule has 2 amide bonds. The summed E-state index contributed by atoms with van der Waals surface area (Å²) in [4.78, 5) is 17.1. The number of methoxy groups -OCH3 is 1. The number of anilines is 1. The molecule has 0 unspecified atom stereocenters. The van der Waals surface area contributed by atoms with Gasteiger partial charge in [0.05, 0.1) is 7.11 Å². The molecule has 1 N–H and O–H groups in total. The predicted octanol–water partition coefficient (Wildman–Crippen LogP) is 3.68. The van der Waals surface area contributed by atoms with E-state index < -0.39 is 0 Å². The van der Waals surface area contributed by atoms with Gasteiger partial charge in [-0.15, -0.1) is 0 Å². The Morgan fingerprint density at radius 2 is 1.89 bits per heavy atom. The Bertz CT molecular complexity index is 801. The van der Waals surface area contributed by atoms with Crippen molar-refractivity contribution in [1.82, 2.24) is 10.2 Å². The van der Waals surface area contributed by atoms with Crippen molar-refractivity contribution in [1.29, 1.82) is 0 Å². The first-order valence-corrected chi connectivity index (χ1v) is 10.2. The number of carbonyl (C=O) groups is 1. The summed E-state index contributed by atoms with van der Waals surface area (Å²) in [6.45, 7) is 4.72. The summed E-state index contributed by atoms with van der Waals surface area (Å²) < 4.78 is 5.29. The SMILES string of the molecule is COc1ccc2c(c1)CCN2C(=O)NCC1CCN(Cc2ccccc2)CC1. The number of nitrogens with zero attached hydrogens (tertiary/aromatic N) is 2. The number of urea groups is 1. The van der Waals surface area contributed by atoms with Crippen molar-refractivity contribution in [2.45, 2.75) is 25.8 Å². The summed E-state index contributed by atoms with van der Waals surface area (Å²) in [7, 11) is 1.67. The lowest BCUT2D eigenvalue weighted by Crippen LogP contribution is -2.43. The summed E-state index contributed by atoms with van der Waals surface area (Å²) in [5.41, 5.74) is 3.57. The van der Waals surface area contributed by atoms with Crippen molar-refractivity contribution in [3.05, 3.63) is 59.7 Å². The molecule has 2 aliphatic heterocycles. The average Bonchev–Trinajstić information content (AvgIpc) is 3.17. The lowest BCUT2D eigenvalue weighted by molar-refractivity contribution is 0.175. The van der Waals surface area contributed by atoms with Gasteiger partial charge in [-0.2, -0.15) is 0 Å². The number of nitrogens with one attached hydrogen (secondary N) is 1. The first-order chi connectivity index (χ1) is 13.7. The van der Waals surface area contributed by atoms with Crippen LogP contribution in [-0.2, 0) is 13.0 Å². The normalized spacial score (nSPS) is 17.4. The molecule has 0 aromatic heterocycles. The van der Waals surface area contributed by atoms with E-state index in [9.17, 15) is 4.79 Å². The number of piperidine rings is 1. The number of benzene rings is 2. The monoisotopic (exact) mass is 379 g/mol. The summed E-state index contributed by atoms with van der Waals surface area (Å²) >= 11 is 0. The quantitative estimate of drug-likeness (QED) is 0.862. The molecule has 148 valence electrons. The van der Waals surface area contributed by atoms with Crippen LogP contribution in [0.15, 0.2) is 48.5 Å². The second-order valence-corrected chi connectivity index (χ2v) is 7.79. The third kappa shape index (κ3) is 4.30. The zero-order valence-electron chi connectivity index (χ0n) is 16.6. The Morgan fingerprint density at radius 1 is 1.11 bits per heavy atom. The maximum atomic E-state index is 12.7. The van der Waals surface area contributed by atoms with E-state index in [-0.39, 0.29) is 6.03 Å². The largest absolute Gasteiger partial charge is 0.497 e. The minimum atomic E-state index is 0.0237. The van der Waals surface area contributed by atoms with Gasteiger partial charge >= 0.3 is 6.03 Å². The summed E-state index contributed by atoms with van der Waals surface area (Å²) in [6, 6.07) is 16.6. The van der Waals surface area contributed by atoms with Gasteiger partial charge in [-0.25, -0.2) is 4.79 Å². The molecule has 4 rings (SSSR count). The van der Waals surface area contributed by atoms with Gasteiger partial charge in [-0.3, -0.25) is 9.80 Å². The summed E-state index contributed by atoms with van der Waals surface area (Å²) in [5.74, 6) is 1.41. The van der Waals surface area contributed by atoms with E-state index in [4.69, 9.17) is 4.74 Å². The predicted molar refractivity (Wildman–Crippen MR) is 112 cm³/mol. The Kier molecular flexibility index (Phi) is 5.81. The highest BCUT2D eigenvalue weighted by Gasteiger charge is 2.26. The molecule has 5 nitrogen and oxygen atoms in total. The molecule has 5 heteroatoms. The minimum Gasteiger partial charge on any atom is -0.497 e. The number of amides is 2. The second kappa shape index (κ2) is 8.65. The molecular formula is C23H29N3O2. The number of rotatable bonds is 5. The van der Waals surface area contributed by atoms with E-state index in [0.29, 0.717) is 5.92 Å². The van der Waals surface area contributed by atoms with E-state index in [1.54, 1.807) is 7.11 Å². The van der Waals surface area contributed by atoms with Crippen molar-refractivity contribution in [3.63, 3.8) is 0 Å². The lowest BCUT2D eigenvalue weighted by atomic mass is 9.96. The molecule has 1 saturated heterocycles. The highest BCUT2D eigenvalue weighted by molar-refractivity contribution is 5.94. The van der Waals surface area contributed by atoms with Crippen molar-refractivity contribution in [3.8, 4) is 5.75 Å². The maximum absolute atomic E-state index is 12.7. The lowest BCUT2D eigenvalue weighted by Gasteiger charge is -2.32. The fourth-order valence-electron chi connectivity index (χ4n) is 4.23. The number of carbonyl (C=O) groups excluding carboxylic acids is 1. The summed E-state index contributed by atoms with van der Waals surface area (Å²) in [5, 5.41) is 3.17. The van der Waals surface area contributed by atoms with Gasteiger partial charge in [0.2, 0.25) is 0 Å². The van der Waals surface area contributed by atoms with Crippen LogP contribution in [0, 0.1) is 5.92 Å². The number of fused-ring (bicyclic) bond motifs is 1. The number of hydrogen-bond donors (Lipinski definition) is 1. The van der Waals surface area contributed by atoms with Crippen LogP contribution in [-0.4, -0.2) is 44.2 Å². The smallest absolute Gasteiger partial charge is 0.321 e. The Morgan fingerprint density at radius 3 is 2.64 bits per heavy atom. The molecule has 2 aromatic rings. The fraction of sp³-hybridized carbons (Fsp3) is 0.435. The standard InChI is InChI=1S/C23H29N3O2/c1-28-21-7-8-22-20(15-21)11-14-26(22)23(27)24-16-18-9-12-25(13-10-18)17-19-5-3-2-4-6-19/h2-8,15,18H,9-14,16-17H2,1H3,(H,24,27). The molecular weight excluding hydrogens is 350 g/mol. The Hall–Kier alpha value is -2.53. The number of likely N-dealkylation sites (tertiary alicyclic amines) is 1. The van der Waals surface area contributed by atoms with E-state index in [1.165, 1.54) is 11.1 Å². The van der Waals surface area contributed by atoms with Crippen molar-refractivity contribution in [2.75, 3.05) is 38.2 Å². The van der Waals surface area contributed by atoms with Crippen LogP contribution in [0.2, 0.25) is 0 Å². The fourth-order valence-corrected chi connectivity index (χ4v) is 4.23. The zero-order chi connectivity index (χ0) is 19.3. The highest BCUT2D eigenvalue weighted by Crippen LogP contribution is 2.31.